The van der Waals surface area contributed by atoms with E-state index in [1.807, 2.05) is 6.92 Å². The lowest BCUT2D eigenvalue weighted by Gasteiger charge is -2.38. The van der Waals surface area contributed by atoms with Crippen LogP contribution in [0.3, 0.4) is 0 Å². The van der Waals surface area contributed by atoms with Gasteiger partial charge in [-0.3, -0.25) is 14.4 Å². The molecular weight excluding hydrogens is 207 g/mol. The average Bonchev–Trinajstić information content (AvgIpc) is 2.27. The molecular formula is C10H19BN2O3. The standard InChI is InChI=1S/C10H19BN2O3/c1-7-4-5-8(6-13(7)10(11)15)9(14)12(2)16-3/h7-8H,4-6,11H2,1-3H3/t7-,8-/m1/s1. The van der Waals surface area contributed by atoms with Gasteiger partial charge in [0, 0.05) is 19.6 Å². The Labute approximate surface area is 97.1 Å². The zero-order valence-corrected chi connectivity index (χ0v) is 10.4. The van der Waals surface area contributed by atoms with Gasteiger partial charge in [-0.1, -0.05) is 0 Å². The first-order chi connectivity index (χ1) is 7.47. The zero-order valence-electron chi connectivity index (χ0n) is 10.4. The summed E-state index contributed by atoms with van der Waals surface area (Å²) in [5, 5.41) is 1.24. The molecule has 6 heteroatoms. The summed E-state index contributed by atoms with van der Waals surface area (Å²) in [6, 6.07) is 0.231. The molecule has 0 unspecified atom stereocenters. The van der Waals surface area contributed by atoms with Crippen molar-refractivity contribution in [2.75, 3.05) is 20.7 Å². The van der Waals surface area contributed by atoms with Crippen molar-refractivity contribution in [3.05, 3.63) is 0 Å². The largest absolute Gasteiger partial charge is 0.348 e. The molecule has 0 aromatic rings. The maximum absolute atomic E-state index is 11.9. The molecule has 0 aromatic carbocycles. The number of rotatable bonds is 2. The molecule has 16 heavy (non-hydrogen) atoms. The Morgan fingerprint density at radius 2 is 2.06 bits per heavy atom. The number of hydrogen-bond acceptors (Lipinski definition) is 3. The molecule has 0 aliphatic carbocycles. The molecule has 0 aromatic heterocycles. The Morgan fingerprint density at radius 1 is 1.44 bits per heavy atom. The molecule has 5 nitrogen and oxygen atoms in total. The van der Waals surface area contributed by atoms with E-state index >= 15 is 0 Å². The van der Waals surface area contributed by atoms with Gasteiger partial charge in [-0.2, -0.15) is 0 Å². The van der Waals surface area contributed by atoms with Gasteiger partial charge in [0.05, 0.1) is 13.0 Å². The molecule has 2 amide bonds. The summed E-state index contributed by atoms with van der Waals surface area (Å²) in [4.78, 5) is 29.9. The van der Waals surface area contributed by atoms with Crippen LogP contribution in [0, 0.1) is 5.92 Å². The second-order valence-corrected chi connectivity index (χ2v) is 4.31. The van der Waals surface area contributed by atoms with E-state index in [1.165, 1.54) is 12.2 Å². The monoisotopic (exact) mass is 226 g/mol. The number of hydrogen-bond donors (Lipinski definition) is 0. The summed E-state index contributed by atoms with van der Waals surface area (Å²) in [5.41, 5.74) is 0. The average molecular weight is 226 g/mol. The van der Waals surface area contributed by atoms with Gasteiger partial charge >= 0.3 is 0 Å². The number of amides is 2. The summed E-state index contributed by atoms with van der Waals surface area (Å²) in [6.45, 7) is 2.52. The quantitative estimate of drug-likeness (QED) is 0.486. The minimum Gasteiger partial charge on any atom is -0.348 e. The molecule has 0 bridgehead atoms. The number of hydroxylamine groups is 2. The van der Waals surface area contributed by atoms with Gasteiger partial charge in [0.2, 0.25) is 7.85 Å². The van der Waals surface area contributed by atoms with Gasteiger partial charge in [0.1, 0.15) is 0 Å². The van der Waals surface area contributed by atoms with E-state index in [4.69, 9.17) is 4.84 Å². The third-order valence-corrected chi connectivity index (χ3v) is 3.22. The van der Waals surface area contributed by atoms with E-state index in [0.29, 0.717) is 6.54 Å². The van der Waals surface area contributed by atoms with E-state index in [0.717, 1.165) is 12.8 Å². The SMILES string of the molecule is BC(=O)N1C[C@H](C(=O)N(C)OC)CC[C@H]1C. The van der Waals surface area contributed by atoms with E-state index < -0.39 is 0 Å². The van der Waals surface area contributed by atoms with Crippen molar-refractivity contribution in [1.29, 1.82) is 0 Å². The highest BCUT2D eigenvalue weighted by Crippen LogP contribution is 2.23. The lowest BCUT2D eigenvalue weighted by molar-refractivity contribution is -0.175. The maximum atomic E-state index is 11.9. The van der Waals surface area contributed by atoms with Crippen LogP contribution in [0.5, 0.6) is 0 Å². The minimum absolute atomic E-state index is 0.0325. The first-order valence-electron chi connectivity index (χ1n) is 5.56. The summed E-state index contributed by atoms with van der Waals surface area (Å²) in [5.74, 6) is -0.157. The molecule has 0 saturated carbocycles. The third-order valence-electron chi connectivity index (χ3n) is 3.22. The number of carbonyl (C=O) groups excluding carboxylic acids is 2. The van der Waals surface area contributed by atoms with E-state index in [9.17, 15) is 9.59 Å². The molecule has 1 heterocycles. The van der Waals surface area contributed by atoms with Crippen molar-refractivity contribution in [2.24, 2.45) is 5.92 Å². The summed E-state index contributed by atoms with van der Waals surface area (Å²) in [7, 11) is 4.61. The Balaban J connectivity index is 2.65. The highest BCUT2D eigenvalue weighted by molar-refractivity contribution is 6.57. The van der Waals surface area contributed by atoms with Gasteiger partial charge in [-0.15, -0.1) is 0 Å². The molecule has 1 fully saturated rings. The van der Waals surface area contributed by atoms with Crippen LogP contribution in [0.2, 0.25) is 0 Å². The van der Waals surface area contributed by atoms with E-state index in [1.54, 1.807) is 19.8 Å². The lowest BCUT2D eigenvalue weighted by atomic mass is 9.90. The lowest BCUT2D eigenvalue weighted by Crippen LogP contribution is -2.49. The smallest absolute Gasteiger partial charge is 0.250 e. The van der Waals surface area contributed by atoms with Gasteiger partial charge < -0.3 is 4.90 Å². The Morgan fingerprint density at radius 3 is 2.56 bits per heavy atom. The Bertz CT molecular complexity index is 285. The van der Waals surface area contributed by atoms with Crippen LogP contribution < -0.4 is 0 Å². The highest BCUT2D eigenvalue weighted by Gasteiger charge is 2.32. The molecule has 1 rings (SSSR count). The van der Waals surface area contributed by atoms with Crippen LogP contribution >= 0.6 is 0 Å². The first kappa shape index (κ1) is 13.0. The predicted octanol–water partition coefficient (Wildman–Crippen LogP) is -0.140. The summed E-state index contributed by atoms with van der Waals surface area (Å²) >= 11 is 0. The van der Waals surface area contributed by atoms with Crippen LogP contribution in [0.15, 0.2) is 0 Å². The van der Waals surface area contributed by atoms with Gasteiger partial charge in [-0.05, 0) is 19.8 Å². The van der Waals surface area contributed by atoms with Crippen LogP contribution in [0.1, 0.15) is 19.8 Å². The zero-order chi connectivity index (χ0) is 12.3. The Hall–Kier alpha value is -1.04. The topological polar surface area (TPSA) is 49.9 Å². The number of carbonyl (C=O) groups is 2. The molecule has 1 saturated heterocycles. The van der Waals surface area contributed by atoms with Crippen LogP contribution in [-0.2, 0) is 9.63 Å². The van der Waals surface area contributed by atoms with Crippen molar-refractivity contribution in [2.45, 2.75) is 25.8 Å². The van der Waals surface area contributed by atoms with Crippen molar-refractivity contribution < 1.29 is 14.4 Å². The van der Waals surface area contributed by atoms with Crippen LogP contribution in [-0.4, -0.2) is 56.3 Å². The van der Waals surface area contributed by atoms with Crippen molar-refractivity contribution >= 4 is 19.6 Å². The minimum atomic E-state index is -0.134. The molecule has 1 aliphatic heterocycles. The normalized spacial score (nSPS) is 25.3. The van der Waals surface area contributed by atoms with Crippen molar-refractivity contribution in [3.63, 3.8) is 0 Å². The number of piperidine rings is 1. The molecule has 1 aliphatic rings. The number of nitrogens with zero attached hydrogens (tertiary/aromatic N) is 2. The summed E-state index contributed by atoms with van der Waals surface area (Å²) < 4.78 is 0. The van der Waals surface area contributed by atoms with Crippen molar-refractivity contribution in [1.82, 2.24) is 9.96 Å². The number of likely N-dealkylation sites (tertiary alicyclic amines) is 1. The summed E-state index contributed by atoms with van der Waals surface area (Å²) in [6.07, 6.45) is 1.69. The van der Waals surface area contributed by atoms with E-state index in [-0.39, 0.29) is 23.7 Å². The van der Waals surface area contributed by atoms with Crippen LogP contribution in [0.4, 0.5) is 4.79 Å². The maximum Gasteiger partial charge on any atom is 0.250 e. The predicted molar refractivity (Wildman–Crippen MR) is 62.6 cm³/mol. The molecule has 0 N–H and O–H groups in total. The van der Waals surface area contributed by atoms with Crippen molar-refractivity contribution in [3.8, 4) is 0 Å². The fourth-order valence-electron chi connectivity index (χ4n) is 2.09. The van der Waals surface area contributed by atoms with Gasteiger partial charge in [0.25, 0.3) is 5.91 Å². The third kappa shape index (κ3) is 2.75. The van der Waals surface area contributed by atoms with Crippen LogP contribution in [0.25, 0.3) is 0 Å². The molecule has 90 valence electrons. The Kier molecular flexibility index (Phi) is 4.35. The fraction of sp³-hybridized carbons (Fsp3) is 0.800. The molecule has 0 spiro atoms. The van der Waals surface area contributed by atoms with E-state index in [2.05, 4.69) is 0 Å². The second kappa shape index (κ2) is 5.34. The first-order valence-corrected chi connectivity index (χ1v) is 5.56. The second-order valence-electron chi connectivity index (χ2n) is 4.31. The molecule has 2 atom stereocenters. The fourth-order valence-corrected chi connectivity index (χ4v) is 2.09. The highest BCUT2D eigenvalue weighted by atomic mass is 16.7. The van der Waals surface area contributed by atoms with Gasteiger partial charge in [-0.25, -0.2) is 5.06 Å². The van der Waals surface area contributed by atoms with Gasteiger partial charge in [0.15, 0.2) is 5.81 Å². The molecule has 0 radical (unpaired) electrons.